The number of nitrogens with one attached hydrogen (secondary N) is 1. The number of aliphatic hydroxyl groups is 1. The molecule has 0 saturated heterocycles. The Bertz CT molecular complexity index is 318. The van der Waals surface area contributed by atoms with E-state index < -0.39 is 5.60 Å². The molecule has 0 radical (unpaired) electrons. The van der Waals surface area contributed by atoms with Crippen LogP contribution in [0.2, 0.25) is 0 Å². The van der Waals surface area contributed by atoms with Crippen LogP contribution in [0.3, 0.4) is 0 Å². The van der Waals surface area contributed by atoms with Crippen molar-refractivity contribution in [2.24, 2.45) is 22.6 Å². The number of nitrogens with zero attached hydrogens (tertiary/aromatic N) is 1. The first-order chi connectivity index (χ1) is 8.53. The molecule has 0 aromatic rings. The molecule has 0 aliphatic heterocycles. The maximum atomic E-state index is 10.6. The summed E-state index contributed by atoms with van der Waals surface area (Å²) in [5, 5.41) is 13.7. The van der Waals surface area contributed by atoms with Crippen molar-refractivity contribution >= 4 is 5.96 Å². The van der Waals surface area contributed by atoms with Crippen molar-refractivity contribution in [3.63, 3.8) is 0 Å². The Kier molecular flexibility index (Phi) is 4.15. The molecule has 0 aromatic heterocycles. The summed E-state index contributed by atoms with van der Waals surface area (Å²) in [4.78, 5) is 4.33. The quantitative estimate of drug-likeness (QED) is 0.515. The third-order valence-electron chi connectivity index (χ3n) is 4.78. The second kappa shape index (κ2) is 5.47. The van der Waals surface area contributed by atoms with E-state index in [0.29, 0.717) is 24.5 Å². The first-order valence-corrected chi connectivity index (χ1v) is 7.32. The van der Waals surface area contributed by atoms with Gasteiger partial charge < -0.3 is 16.2 Å². The van der Waals surface area contributed by atoms with Gasteiger partial charge in [0.15, 0.2) is 5.96 Å². The van der Waals surface area contributed by atoms with Gasteiger partial charge in [0.1, 0.15) is 0 Å². The van der Waals surface area contributed by atoms with Gasteiger partial charge >= 0.3 is 0 Å². The molecule has 4 nitrogen and oxygen atoms in total. The largest absolute Gasteiger partial charge is 0.390 e. The Labute approximate surface area is 110 Å². The number of hydrogen-bond acceptors (Lipinski definition) is 2. The van der Waals surface area contributed by atoms with Gasteiger partial charge in [-0.2, -0.15) is 0 Å². The van der Waals surface area contributed by atoms with E-state index >= 15 is 0 Å². The van der Waals surface area contributed by atoms with Crippen LogP contribution in [0.5, 0.6) is 0 Å². The third kappa shape index (κ3) is 2.97. The molecule has 104 valence electrons. The average molecular weight is 253 g/mol. The lowest BCUT2D eigenvalue weighted by atomic mass is 9.82. The number of fused-ring (bicyclic) bond motifs is 2. The van der Waals surface area contributed by atoms with E-state index in [1.165, 1.54) is 19.3 Å². The lowest BCUT2D eigenvalue weighted by molar-refractivity contribution is -0.0181. The molecule has 0 heterocycles. The highest BCUT2D eigenvalue weighted by atomic mass is 16.3. The van der Waals surface area contributed by atoms with Gasteiger partial charge in [0.25, 0.3) is 0 Å². The number of aliphatic imine (C=N–C) groups is 1. The number of rotatable bonds is 5. The van der Waals surface area contributed by atoms with Crippen LogP contribution >= 0.6 is 0 Å². The monoisotopic (exact) mass is 253 g/mol. The summed E-state index contributed by atoms with van der Waals surface area (Å²) in [7, 11) is 0. The normalized spacial score (nSPS) is 36.9. The van der Waals surface area contributed by atoms with Gasteiger partial charge in [-0.25, -0.2) is 0 Å². The van der Waals surface area contributed by atoms with Crippen LogP contribution in [-0.4, -0.2) is 29.3 Å². The van der Waals surface area contributed by atoms with Crippen LogP contribution in [0, 0.1) is 11.8 Å². The fraction of sp³-hybridized carbons (Fsp3) is 0.929. The van der Waals surface area contributed by atoms with Crippen molar-refractivity contribution in [3.05, 3.63) is 0 Å². The summed E-state index contributed by atoms with van der Waals surface area (Å²) >= 11 is 0. The lowest BCUT2D eigenvalue weighted by Gasteiger charge is -2.32. The summed E-state index contributed by atoms with van der Waals surface area (Å²) < 4.78 is 0. The molecule has 2 saturated carbocycles. The van der Waals surface area contributed by atoms with Crippen LogP contribution in [-0.2, 0) is 0 Å². The first kappa shape index (κ1) is 13.7. The minimum Gasteiger partial charge on any atom is -0.390 e. The second-order valence-corrected chi connectivity index (χ2v) is 6.15. The summed E-state index contributed by atoms with van der Waals surface area (Å²) in [5.74, 6) is 1.79. The van der Waals surface area contributed by atoms with Crippen molar-refractivity contribution in [2.75, 3.05) is 6.54 Å². The van der Waals surface area contributed by atoms with E-state index in [1.807, 2.05) is 0 Å². The average Bonchev–Trinajstić information content (AvgIpc) is 2.88. The third-order valence-corrected chi connectivity index (χ3v) is 4.78. The maximum absolute atomic E-state index is 10.6. The van der Waals surface area contributed by atoms with E-state index in [1.54, 1.807) is 0 Å². The predicted molar refractivity (Wildman–Crippen MR) is 74.4 cm³/mol. The summed E-state index contributed by atoms with van der Waals surface area (Å²) in [5.41, 5.74) is 5.36. The molecule has 2 aliphatic carbocycles. The van der Waals surface area contributed by atoms with Gasteiger partial charge in [0, 0.05) is 12.6 Å². The molecular weight excluding hydrogens is 226 g/mol. The van der Waals surface area contributed by atoms with Crippen molar-refractivity contribution in [1.82, 2.24) is 5.32 Å². The minimum atomic E-state index is -0.455. The molecule has 0 aromatic carbocycles. The van der Waals surface area contributed by atoms with Crippen molar-refractivity contribution < 1.29 is 5.11 Å². The van der Waals surface area contributed by atoms with Crippen LogP contribution in [0.15, 0.2) is 4.99 Å². The fourth-order valence-electron chi connectivity index (χ4n) is 3.49. The summed E-state index contributed by atoms with van der Waals surface area (Å²) in [6.45, 7) is 4.84. The van der Waals surface area contributed by atoms with Crippen LogP contribution < -0.4 is 11.1 Å². The zero-order valence-electron chi connectivity index (χ0n) is 11.7. The minimum absolute atomic E-state index is 0.360. The SMILES string of the molecule is CCC(C)NC(N)=NCCC1(O)CC2CCC1C2. The number of hydrogen-bond donors (Lipinski definition) is 3. The van der Waals surface area contributed by atoms with Crippen molar-refractivity contribution in [2.45, 2.75) is 64.0 Å². The van der Waals surface area contributed by atoms with Gasteiger partial charge in [-0.1, -0.05) is 6.92 Å². The highest BCUT2D eigenvalue weighted by Crippen LogP contribution is 2.52. The standard InChI is InChI=1S/C14H27N3O/c1-3-10(2)17-13(15)16-7-6-14(18)9-11-4-5-12(14)8-11/h10-12,18H,3-9H2,1-2H3,(H3,15,16,17). The Balaban J connectivity index is 1.76. The molecule has 0 spiro atoms. The Morgan fingerprint density at radius 3 is 2.89 bits per heavy atom. The number of guanidine groups is 1. The predicted octanol–water partition coefficient (Wildman–Crippen LogP) is 1.63. The van der Waals surface area contributed by atoms with Gasteiger partial charge in [-0.05, 0) is 57.3 Å². The van der Waals surface area contributed by atoms with Gasteiger partial charge in [-0.15, -0.1) is 0 Å². The van der Waals surface area contributed by atoms with E-state index in [2.05, 4.69) is 24.2 Å². The lowest BCUT2D eigenvalue weighted by Crippen LogP contribution is -2.39. The molecule has 4 heteroatoms. The highest BCUT2D eigenvalue weighted by Gasteiger charge is 2.49. The molecule has 2 bridgehead atoms. The molecule has 0 amide bonds. The van der Waals surface area contributed by atoms with E-state index in [4.69, 9.17) is 5.73 Å². The molecular formula is C14H27N3O. The Morgan fingerprint density at radius 1 is 1.56 bits per heavy atom. The summed E-state index contributed by atoms with van der Waals surface area (Å²) in [6.07, 6.45) is 6.51. The van der Waals surface area contributed by atoms with Crippen LogP contribution in [0.4, 0.5) is 0 Å². The maximum Gasteiger partial charge on any atom is 0.188 e. The molecule has 4 atom stereocenters. The molecule has 2 rings (SSSR count). The van der Waals surface area contributed by atoms with Gasteiger partial charge in [-0.3, -0.25) is 4.99 Å². The molecule has 4 N–H and O–H groups in total. The van der Waals surface area contributed by atoms with E-state index in [-0.39, 0.29) is 0 Å². The second-order valence-electron chi connectivity index (χ2n) is 6.15. The van der Waals surface area contributed by atoms with Crippen molar-refractivity contribution in [3.8, 4) is 0 Å². The van der Waals surface area contributed by atoms with E-state index in [9.17, 15) is 5.11 Å². The zero-order chi connectivity index (χ0) is 13.2. The van der Waals surface area contributed by atoms with Crippen LogP contribution in [0.1, 0.15) is 52.4 Å². The summed E-state index contributed by atoms with van der Waals surface area (Å²) in [6, 6.07) is 0.360. The smallest absolute Gasteiger partial charge is 0.188 e. The van der Waals surface area contributed by atoms with Crippen molar-refractivity contribution in [1.29, 1.82) is 0 Å². The molecule has 18 heavy (non-hydrogen) atoms. The van der Waals surface area contributed by atoms with Gasteiger partial charge in [0.05, 0.1) is 5.60 Å². The topological polar surface area (TPSA) is 70.6 Å². The highest BCUT2D eigenvalue weighted by molar-refractivity contribution is 5.78. The molecule has 4 unspecified atom stereocenters. The molecule has 2 aliphatic rings. The Hall–Kier alpha value is -0.770. The zero-order valence-corrected chi connectivity index (χ0v) is 11.7. The van der Waals surface area contributed by atoms with Crippen LogP contribution in [0.25, 0.3) is 0 Å². The van der Waals surface area contributed by atoms with E-state index in [0.717, 1.165) is 25.2 Å². The number of nitrogens with two attached hydrogens (primary N) is 1. The Morgan fingerprint density at radius 2 is 2.33 bits per heavy atom. The first-order valence-electron chi connectivity index (χ1n) is 7.32. The molecule has 2 fully saturated rings. The fourth-order valence-corrected chi connectivity index (χ4v) is 3.49. The van der Waals surface area contributed by atoms with Gasteiger partial charge in [0.2, 0.25) is 0 Å².